The van der Waals surface area contributed by atoms with Crippen LogP contribution in [-0.4, -0.2) is 30.0 Å². The quantitative estimate of drug-likeness (QED) is 0.685. The molecule has 1 fully saturated rings. The summed E-state index contributed by atoms with van der Waals surface area (Å²) in [7, 11) is 0. The summed E-state index contributed by atoms with van der Waals surface area (Å²) in [5.41, 5.74) is 1.12. The number of anilines is 1. The maximum Gasteiger partial charge on any atom is 0.270 e. The Kier molecular flexibility index (Phi) is 5.00. The first-order valence-corrected chi connectivity index (χ1v) is 7.72. The number of rotatable bonds is 4. The van der Waals surface area contributed by atoms with E-state index < -0.39 is 4.92 Å². The number of amides is 1. The summed E-state index contributed by atoms with van der Waals surface area (Å²) in [5.74, 6) is 0.426. The minimum absolute atomic E-state index is 0.0130. The largest absolute Gasteiger partial charge is 0.371 e. The average Bonchev–Trinajstić information content (AvgIpc) is 2.46. The molecule has 0 atom stereocenters. The van der Waals surface area contributed by atoms with Gasteiger partial charge in [0.2, 0.25) is 0 Å². The predicted molar refractivity (Wildman–Crippen MR) is 86.3 cm³/mol. The fourth-order valence-corrected chi connectivity index (χ4v) is 2.68. The molecule has 1 N–H and O–H groups in total. The molecule has 1 amide bonds. The van der Waals surface area contributed by atoms with Crippen LogP contribution in [0.4, 0.5) is 11.4 Å². The van der Waals surface area contributed by atoms with Gasteiger partial charge in [-0.25, -0.2) is 0 Å². The van der Waals surface area contributed by atoms with Gasteiger partial charge in [0.05, 0.1) is 16.2 Å². The van der Waals surface area contributed by atoms with E-state index in [0.717, 1.165) is 31.6 Å². The first-order chi connectivity index (χ1) is 10.4. The van der Waals surface area contributed by atoms with Crippen molar-refractivity contribution in [2.45, 2.75) is 39.7 Å². The Labute approximate surface area is 130 Å². The predicted octanol–water partition coefficient (Wildman–Crippen LogP) is 2.97. The van der Waals surface area contributed by atoms with Gasteiger partial charge in [-0.2, -0.15) is 0 Å². The summed E-state index contributed by atoms with van der Waals surface area (Å²) in [6, 6.07) is 4.54. The molecule has 1 heterocycles. The summed E-state index contributed by atoms with van der Waals surface area (Å²) < 4.78 is 0. The fraction of sp³-hybridized carbons (Fsp3) is 0.562. The van der Waals surface area contributed by atoms with E-state index in [9.17, 15) is 14.9 Å². The lowest BCUT2D eigenvalue weighted by Crippen LogP contribution is -2.36. The summed E-state index contributed by atoms with van der Waals surface area (Å²) in [5, 5.41) is 13.8. The summed E-state index contributed by atoms with van der Waals surface area (Å²) >= 11 is 0. The number of hydrogen-bond donors (Lipinski definition) is 1. The molecule has 120 valence electrons. The first-order valence-electron chi connectivity index (χ1n) is 7.72. The molecule has 6 nitrogen and oxygen atoms in total. The number of nitro groups is 1. The van der Waals surface area contributed by atoms with Crippen molar-refractivity contribution in [2.24, 2.45) is 5.92 Å². The number of benzene rings is 1. The van der Waals surface area contributed by atoms with E-state index in [0.29, 0.717) is 11.5 Å². The lowest BCUT2D eigenvalue weighted by molar-refractivity contribution is -0.384. The number of nitrogens with zero attached hydrogens (tertiary/aromatic N) is 2. The highest BCUT2D eigenvalue weighted by Gasteiger charge is 2.23. The van der Waals surface area contributed by atoms with E-state index in [-0.39, 0.29) is 17.6 Å². The molecule has 0 aliphatic carbocycles. The van der Waals surface area contributed by atoms with E-state index in [1.807, 2.05) is 13.8 Å². The molecule has 0 saturated carbocycles. The zero-order valence-electron chi connectivity index (χ0n) is 13.3. The van der Waals surface area contributed by atoms with Crippen molar-refractivity contribution in [3.05, 3.63) is 33.9 Å². The van der Waals surface area contributed by atoms with Crippen LogP contribution in [0.25, 0.3) is 0 Å². The molecule has 1 aliphatic heterocycles. The molecular weight excluding hydrogens is 282 g/mol. The van der Waals surface area contributed by atoms with Crippen molar-refractivity contribution in [3.63, 3.8) is 0 Å². The molecule has 0 spiro atoms. The zero-order chi connectivity index (χ0) is 16.3. The molecule has 0 aromatic heterocycles. The Morgan fingerprint density at radius 2 is 2.00 bits per heavy atom. The molecule has 2 rings (SSSR count). The number of nitrogens with one attached hydrogen (secondary N) is 1. The summed E-state index contributed by atoms with van der Waals surface area (Å²) in [6.45, 7) is 7.72. The highest BCUT2D eigenvalue weighted by Crippen LogP contribution is 2.29. The number of carbonyl (C=O) groups excluding carboxylic acids is 1. The van der Waals surface area contributed by atoms with E-state index in [1.165, 1.54) is 12.1 Å². The third-order valence-electron chi connectivity index (χ3n) is 3.98. The molecule has 0 unspecified atom stereocenters. The van der Waals surface area contributed by atoms with E-state index in [4.69, 9.17) is 0 Å². The van der Waals surface area contributed by atoms with E-state index >= 15 is 0 Å². The van der Waals surface area contributed by atoms with Crippen LogP contribution in [0.1, 0.15) is 44.0 Å². The summed E-state index contributed by atoms with van der Waals surface area (Å²) in [4.78, 5) is 25.1. The maximum absolute atomic E-state index is 12.4. The van der Waals surface area contributed by atoms with Gasteiger partial charge in [-0.1, -0.05) is 6.92 Å². The lowest BCUT2D eigenvalue weighted by Gasteiger charge is -2.33. The Balaban J connectivity index is 2.35. The fourth-order valence-electron chi connectivity index (χ4n) is 2.68. The zero-order valence-corrected chi connectivity index (χ0v) is 13.3. The normalized spacial score (nSPS) is 15.9. The second-order valence-corrected chi connectivity index (χ2v) is 6.26. The van der Waals surface area contributed by atoms with Gasteiger partial charge in [0.25, 0.3) is 11.6 Å². The third-order valence-corrected chi connectivity index (χ3v) is 3.98. The number of piperidine rings is 1. The van der Waals surface area contributed by atoms with Crippen LogP contribution in [0, 0.1) is 16.0 Å². The number of non-ortho nitro benzene ring substituents is 1. The van der Waals surface area contributed by atoms with Crippen molar-refractivity contribution < 1.29 is 9.72 Å². The Bertz CT molecular complexity index is 564. The molecule has 1 aromatic rings. The van der Waals surface area contributed by atoms with Gasteiger partial charge < -0.3 is 10.2 Å². The standard InChI is InChI=1S/C16H23N3O3/c1-11(2)17-16(20)14-10-13(19(21)22)4-5-15(14)18-8-6-12(3)7-9-18/h4-5,10-12H,6-9H2,1-3H3,(H,17,20). The number of carbonyl (C=O) groups is 1. The van der Waals surface area contributed by atoms with Crippen molar-refractivity contribution in [3.8, 4) is 0 Å². The van der Waals surface area contributed by atoms with Crippen molar-refractivity contribution in [1.82, 2.24) is 5.32 Å². The highest BCUT2D eigenvalue weighted by molar-refractivity contribution is 6.00. The van der Waals surface area contributed by atoms with Crippen molar-refractivity contribution in [2.75, 3.05) is 18.0 Å². The molecular formula is C16H23N3O3. The molecule has 1 aromatic carbocycles. The number of hydrogen-bond acceptors (Lipinski definition) is 4. The highest BCUT2D eigenvalue weighted by atomic mass is 16.6. The lowest BCUT2D eigenvalue weighted by atomic mass is 9.97. The van der Waals surface area contributed by atoms with Gasteiger partial charge in [-0.3, -0.25) is 14.9 Å². The van der Waals surface area contributed by atoms with Crippen LogP contribution >= 0.6 is 0 Å². The first kappa shape index (κ1) is 16.3. The maximum atomic E-state index is 12.4. The third kappa shape index (κ3) is 3.75. The van der Waals surface area contributed by atoms with Crippen molar-refractivity contribution in [1.29, 1.82) is 0 Å². The molecule has 0 bridgehead atoms. The second-order valence-electron chi connectivity index (χ2n) is 6.26. The van der Waals surface area contributed by atoms with Gasteiger partial charge in [0.15, 0.2) is 0 Å². The van der Waals surface area contributed by atoms with Crippen LogP contribution in [-0.2, 0) is 0 Å². The van der Waals surface area contributed by atoms with Gasteiger partial charge in [0, 0.05) is 31.3 Å². The van der Waals surface area contributed by atoms with E-state index in [2.05, 4.69) is 17.1 Å². The molecule has 1 aliphatic rings. The Morgan fingerprint density at radius 1 is 1.36 bits per heavy atom. The molecule has 0 radical (unpaired) electrons. The molecule has 22 heavy (non-hydrogen) atoms. The summed E-state index contributed by atoms with van der Waals surface area (Å²) in [6.07, 6.45) is 2.14. The Hall–Kier alpha value is -2.11. The SMILES string of the molecule is CC1CCN(c2ccc([N+](=O)[O-])cc2C(=O)NC(C)C)CC1. The molecule has 1 saturated heterocycles. The van der Waals surface area contributed by atoms with E-state index in [1.54, 1.807) is 6.07 Å². The molecule has 6 heteroatoms. The van der Waals surface area contributed by atoms with Gasteiger partial charge in [-0.05, 0) is 38.7 Å². The van der Waals surface area contributed by atoms with Crippen LogP contribution in [0.3, 0.4) is 0 Å². The minimum atomic E-state index is -0.464. The van der Waals surface area contributed by atoms with Crippen LogP contribution in [0.5, 0.6) is 0 Å². The second kappa shape index (κ2) is 6.77. The van der Waals surface area contributed by atoms with Gasteiger partial charge in [-0.15, -0.1) is 0 Å². The average molecular weight is 305 g/mol. The minimum Gasteiger partial charge on any atom is -0.371 e. The van der Waals surface area contributed by atoms with Crippen LogP contribution in [0.2, 0.25) is 0 Å². The topological polar surface area (TPSA) is 75.5 Å². The Morgan fingerprint density at radius 3 is 2.55 bits per heavy atom. The smallest absolute Gasteiger partial charge is 0.270 e. The van der Waals surface area contributed by atoms with Gasteiger partial charge in [0.1, 0.15) is 0 Å². The monoisotopic (exact) mass is 305 g/mol. The van der Waals surface area contributed by atoms with Crippen LogP contribution in [0.15, 0.2) is 18.2 Å². The van der Waals surface area contributed by atoms with Crippen molar-refractivity contribution >= 4 is 17.3 Å². The van der Waals surface area contributed by atoms with Crippen LogP contribution < -0.4 is 10.2 Å². The number of nitro benzene ring substituents is 1. The van der Waals surface area contributed by atoms with Gasteiger partial charge >= 0.3 is 0 Å².